The topological polar surface area (TPSA) is 18.5 Å². The molecular weight excluding hydrogens is 410 g/mol. The first-order chi connectivity index (χ1) is 14.2. The van der Waals surface area contributed by atoms with Crippen molar-refractivity contribution in [2.45, 2.75) is 25.6 Å². The molecule has 0 atom stereocenters. The fourth-order valence-electron chi connectivity index (χ4n) is 2.89. The van der Waals surface area contributed by atoms with Crippen molar-refractivity contribution in [1.82, 2.24) is 0 Å². The van der Waals surface area contributed by atoms with Crippen molar-refractivity contribution in [2.24, 2.45) is 0 Å². The van der Waals surface area contributed by atoms with Gasteiger partial charge in [0.2, 0.25) is 0 Å². The highest BCUT2D eigenvalue weighted by molar-refractivity contribution is 5.86. The molecule has 0 unspecified atom stereocenters. The van der Waals surface area contributed by atoms with E-state index in [1.165, 1.54) is 12.1 Å². The van der Waals surface area contributed by atoms with Gasteiger partial charge in [0.1, 0.15) is 5.75 Å². The van der Waals surface area contributed by atoms with Crippen LogP contribution in [0.4, 0.5) is 26.3 Å². The van der Waals surface area contributed by atoms with Gasteiger partial charge in [0.05, 0.1) is 5.56 Å². The third kappa shape index (κ3) is 4.69. The fourth-order valence-corrected chi connectivity index (χ4v) is 2.89. The molecule has 2 nitrogen and oxygen atoms in total. The summed E-state index contributed by atoms with van der Waals surface area (Å²) in [5, 5.41) is -0.436. The van der Waals surface area contributed by atoms with Crippen LogP contribution in [0.5, 0.6) is 11.5 Å². The van der Waals surface area contributed by atoms with Crippen LogP contribution in [0.2, 0.25) is 0 Å². The second kappa shape index (κ2) is 8.69. The average Bonchev–Trinajstić information content (AvgIpc) is 2.69. The van der Waals surface area contributed by atoms with Crippen molar-refractivity contribution in [3.05, 3.63) is 83.9 Å². The SMILES string of the molecule is C=CCCc1ccc(C(F)(F)Oc2ccc3c(F)c(OC(F)F)c(F)cc3c2)cc1. The van der Waals surface area contributed by atoms with Gasteiger partial charge in [0.15, 0.2) is 17.4 Å². The Kier molecular flexibility index (Phi) is 6.24. The number of fused-ring (bicyclic) bond motifs is 1. The summed E-state index contributed by atoms with van der Waals surface area (Å²) in [6.45, 7) is 0.181. The van der Waals surface area contributed by atoms with E-state index in [4.69, 9.17) is 4.74 Å². The van der Waals surface area contributed by atoms with Crippen LogP contribution in [0.3, 0.4) is 0 Å². The summed E-state index contributed by atoms with van der Waals surface area (Å²) in [5.74, 6) is -4.35. The molecule has 0 bridgehead atoms. The van der Waals surface area contributed by atoms with Gasteiger partial charge in [-0.1, -0.05) is 18.2 Å². The molecule has 0 aromatic heterocycles. The smallest absolute Gasteiger partial charge is 0.426 e. The van der Waals surface area contributed by atoms with Gasteiger partial charge in [-0.05, 0) is 60.2 Å². The Morgan fingerprint density at radius 1 is 1.00 bits per heavy atom. The van der Waals surface area contributed by atoms with E-state index in [1.807, 2.05) is 0 Å². The zero-order valence-corrected chi connectivity index (χ0v) is 15.5. The maximum absolute atomic E-state index is 14.5. The Morgan fingerprint density at radius 3 is 2.33 bits per heavy atom. The minimum Gasteiger partial charge on any atom is -0.429 e. The van der Waals surface area contributed by atoms with E-state index in [1.54, 1.807) is 18.2 Å². The molecule has 158 valence electrons. The van der Waals surface area contributed by atoms with E-state index in [2.05, 4.69) is 11.3 Å². The van der Waals surface area contributed by atoms with Gasteiger partial charge in [-0.25, -0.2) is 8.78 Å². The lowest BCUT2D eigenvalue weighted by Gasteiger charge is -2.19. The Hall–Kier alpha value is -3.16. The Bertz CT molecular complexity index is 1050. The van der Waals surface area contributed by atoms with Gasteiger partial charge >= 0.3 is 12.7 Å². The van der Waals surface area contributed by atoms with E-state index >= 15 is 0 Å². The highest BCUT2D eigenvalue weighted by Gasteiger charge is 2.34. The predicted molar refractivity (Wildman–Crippen MR) is 100.0 cm³/mol. The summed E-state index contributed by atoms with van der Waals surface area (Å²) >= 11 is 0. The minimum absolute atomic E-state index is 0.153. The van der Waals surface area contributed by atoms with Crippen LogP contribution in [0.15, 0.2) is 61.2 Å². The van der Waals surface area contributed by atoms with Gasteiger partial charge in [-0.3, -0.25) is 0 Å². The van der Waals surface area contributed by atoms with Crippen molar-refractivity contribution in [3.8, 4) is 11.5 Å². The fraction of sp³-hybridized carbons (Fsp3) is 0.182. The summed E-state index contributed by atoms with van der Waals surface area (Å²) in [6, 6.07) is 9.29. The highest BCUT2D eigenvalue weighted by Crippen LogP contribution is 2.36. The molecule has 0 aliphatic heterocycles. The van der Waals surface area contributed by atoms with Crippen LogP contribution in [-0.2, 0) is 12.5 Å². The molecule has 3 aromatic carbocycles. The van der Waals surface area contributed by atoms with Gasteiger partial charge in [0.25, 0.3) is 0 Å². The van der Waals surface area contributed by atoms with Crippen molar-refractivity contribution >= 4 is 10.8 Å². The van der Waals surface area contributed by atoms with E-state index in [-0.39, 0.29) is 16.5 Å². The van der Waals surface area contributed by atoms with Crippen LogP contribution in [-0.4, -0.2) is 6.61 Å². The van der Waals surface area contributed by atoms with Crippen LogP contribution in [0.1, 0.15) is 17.5 Å². The molecule has 30 heavy (non-hydrogen) atoms. The molecule has 3 aromatic rings. The number of aryl methyl sites for hydroxylation is 1. The molecule has 0 spiro atoms. The number of benzene rings is 3. The van der Waals surface area contributed by atoms with Crippen LogP contribution in [0.25, 0.3) is 10.8 Å². The number of alkyl halides is 4. The van der Waals surface area contributed by atoms with Gasteiger partial charge < -0.3 is 9.47 Å². The maximum atomic E-state index is 14.5. The summed E-state index contributed by atoms with van der Waals surface area (Å²) in [5.41, 5.74) is 0.455. The van der Waals surface area contributed by atoms with Crippen LogP contribution >= 0.6 is 0 Å². The van der Waals surface area contributed by atoms with E-state index in [0.717, 1.165) is 23.8 Å². The normalized spacial score (nSPS) is 11.7. The number of ether oxygens (including phenoxy) is 2. The molecule has 8 heteroatoms. The lowest BCUT2D eigenvalue weighted by Crippen LogP contribution is -2.21. The molecule has 0 heterocycles. The van der Waals surface area contributed by atoms with E-state index < -0.39 is 35.7 Å². The second-order valence-electron chi connectivity index (χ2n) is 6.41. The first-order valence-corrected chi connectivity index (χ1v) is 8.85. The molecule has 0 radical (unpaired) electrons. The maximum Gasteiger partial charge on any atom is 0.426 e. The number of rotatable bonds is 8. The second-order valence-corrected chi connectivity index (χ2v) is 6.41. The number of allylic oxidation sites excluding steroid dienone is 1. The third-order valence-corrected chi connectivity index (χ3v) is 4.34. The first-order valence-electron chi connectivity index (χ1n) is 8.85. The molecule has 0 N–H and O–H groups in total. The molecule has 0 amide bonds. The van der Waals surface area contributed by atoms with E-state index in [0.29, 0.717) is 18.9 Å². The van der Waals surface area contributed by atoms with Gasteiger partial charge in [0, 0.05) is 5.39 Å². The van der Waals surface area contributed by atoms with Gasteiger partial charge in [-0.15, -0.1) is 6.58 Å². The summed E-state index contributed by atoms with van der Waals surface area (Å²) in [4.78, 5) is 0. The van der Waals surface area contributed by atoms with Gasteiger partial charge in [-0.2, -0.15) is 17.6 Å². The molecule has 0 aliphatic carbocycles. The van der Waals surface area contributed by atoms with Crippen molar-refractivity contribution in [1.29, 1.82) is 0 Å². The average molecular weight is 426 g/mol. The zero-order valence-electron chi connectivity index (χ0n) is 15.5. The largest absolute Gasteiger partial charge is 0.429 e. The third-order valence-electron chi connectivity index (χ3n) is 4.34. The molecule has 0 saturated heterocycles. The lowest BCUT2D eigenvalue weighted by atomic mass is 10.1. The predicted octanol–water partition coefficient (Wildman–Crippen LogP) is 6.97. The summed E-state index contributed by atoms with van der Waals surface area (Å²) in [6.07, 6.45) is -0.615. The summed E-state index contributed by atoms with van der Waals surface area (Å²) < 4.78 is 90.4. The van der Waals surface area contributed by atoms with Crippen LogP contribution < -0.4 is 9.47 Å². The molecular formula is C22H16F6O2. The van der Waals surface area contributed by atoms with Crippen molar-refractivity contribution in [2.75, 3.05) is 0 Å². The van der Waals surface area contributed by atoms with E-state index in [9.17, 15) is 26.3 Å². The Labute approximate surface area is 168 Å². The standard InChI is InChI=1S/C22H16F6O2/c1-2-3-4-13-5-7-15(8-6-13)22(27,28)30-16-9-10-17-14(11-16)12-18(23)20(19(17)24)29-21(25)26/h2,5-12,21H,1,3-4H2. The highest BCUT2D eigenvalue weighted by atomic mass is 19.3. The van der Waals surface area contributed by atoms with Crippen LogP contribution in [0, 0.1) is 11.6 Å². The number of hydrogen-bond donors (Lipinski definition) is 0. The van der Waals surface area contributed by atoms with Crippen molar-refractivity contribution in [3.63, 3.8) is 0 Å². The molecule has 0 saturated carbocycles. The summed E-state index contributed by atoms with van der Waals surface area (Å²) in [7, 11) is 0. The zero-order chi connectivity index (χ0) is 21.9. The lowest BCUT2D eigenvalue weighted by molar-refractivity contribution is -0.185. The molecule has 3 rings (SSSR count). The Balaban J connectivity index is 1.86. The quantitative estimate of drug-likeness (QED) is 0.286. The number of halogens is 6. The minimum atomic E-state index is -3.71. The number of hydrogen-bond acceptors (Lipinski definition) is 2. The molecule has 0 aliphatic rings. The Morgan fingerprint density at radius 2 is 1.70 bits per heavy atom. The monoisotopic (exact) mass is 426 g/mol. The van der Waals surface area contributed by atoms with Crippen molar-refractivity contribution < 1.29 is 35.8 Å². The first kappa shape index (κ1) is 21.5. The molecule has 0 fully saturated rings.